The maximum absolute atomic E-state index is 11.9. The lowest BCUT2D eigenvalue weighted by Crippen LogP contribution is -2.06. The van der Waals surface area contributed by atoms with Crippen LogP contribution in [0.2, 0.25) is 5.02 Å². The monoisotopic (exact) mass is 328 g/mol. The van der Waals surface area contributed by atoms with Crippen molar-refractivity contribution in [2.24, 2.45) is 4.99 Å². The number of carbonyl (C=O) groups excluding carboxylic acids is 1. The van der Waals surface area contributed by atoms with E-state index in [9.17, 15) is 14.9 Å². The minimum absolute atomic E-state index is 0.0501. The summed E-state index contributed by atoms with van der Waals surface area (Å²) in [7, 11) is 0. The molecule has 7 heteroatoms. The van der Waals surface area contributed by atoms with Gasteiger partial charge in [0.25, 0.3) is 5.69 Å². The molecule has 1 aliphatic rings. The van der Waals surface area contributed by atoms with Gasteiger partial charge in [-0.25, -0.2) is 9.79 Å². The molecule has 0 unspecified atom stereocenters. The lowest BCUT2D eigenvalue weighted by molar-refractivity contribution is -0.384. The molecule has 0 aliphatic carbocycles. The lowest BCUT2D eigenvalue weighted by Gasteiger charge is -2.02. The first-order valence-corrected chi connectivity index (χ1v) is 6.94. The number of hydrogen-bond acceptors (Lipinski definition) is 5. The zero-order valence-electron chi connectivity index (χ0n) is 11.6. The van der Waals surface area contributed by atoms with Crippen molar-refractivity contribution in [3.05, 3.63) is 80.5 Å². The number of esters is 1. The first-order chi connectivity index (χ1) is 11.0. The number of cyclic esters (lactones) is 1. The molecule has 2 aromatic carbocycles. The number of nitro benzene ring substituents is 1. The number of carbonyl (C=O) groups is 1. The fourth-order valence-electron chi connectivity index (χ4n) is 2.02. The van der Waals surface area contributed by atoms with E-state index in [0.717, 1.165) is 5.56 Å². The smallest absolute Gasteiger partial charge is 0.363 e. The van der Waals surface area contributed by atoms with Crippen LogP contribution in [-0.2, 0) is 9.53 Å². The summed E-state index contributed by atoms with van der Waals surface area (Å²) in [5.74, 6) is -0.683. The van der Waals surface area contributed by atoms with E-state index in [2.05, 4.69) is 4.99 Å². The van der Waals surface area contributed by atoms with E-state index < -0.39 is 10.9 Å². The number of benzene rings is 2. The third-order valence-electron chi connectivity index (χ3n) is 3.11. The Bertz CT molecular complexity index is 860. The molecule has 2 aromatic rings. The van der Waals surface area contributed by atoms with Crippen LogP contribution in [0.4, 0.5) is 5.69 Å². The Kier molecular flexibility index (Phi) is 3.91. The molecule has 0 fully saturated rings. The first-order valence-electron chi connectivity index (χ1n) is 6.56. The topological polar surface area (TPSA) is 81.8 Å². The molecule has 23 heavy (non-hydrogen) atoms. The number of rotatable bonds is 3. The Morgan fingerprint density at radius 1 is 1.17 bits per heavy atom. The molecule has 0 saturated carbocycles. The van der Waals surface area contributed by atoms with Crippen molar-refractivity contribution in [3.8, 4) is 0 Å². The molecule has 0 saturated heterocycles. The minimum atomic E-state index is -0.633. The quantitative estimate of drug-likeness (QED) is 0.373. The molecule has 3 rings (SSSR count). The maximum atomic E-state index is 11.9. The highest BCUT2D eigenvalue weighted by atomic mass is 35.5. The normalized spacial score (nSPS) is 15.4. The van der Waals surface area contributed by atoms with Gasteiger partial charge in [0.1, 0.15) is 0 Å². The van der Waals surface area contributed by atoms with Crippen LogP contribution < -0.4 is 0 Å². The van der Waals surface area contributed by atoms with Gasteiger partial charge in [0, 0.05) is 12.1 Å². The molecule has 0 atom stereocenters. The number of halogens is 1. The zero-order chi connectivity index (χ0) is 16.4. The van der Waals surface area contributed by atoms with E-state index in [1.807, 2.05) is 30.3 Å². The fourth-order valence-corrected chi connectivity index (χ4v) is 2.22. The predicted molar refractivity (Wildman–Crippen MR) is 85.2 cm³/mol. The summed E-state index contributed by atoms with van der Waals surface area (Å²) in [5.41, 5.74) is 0.928. The molecule has 114 valence electrons. The summed E-state index contributed by atoms with van der Waals surface area (Å²) in [6.07, 6.45) is 1.57. The maximum Gasteiger partial charge on any atom is 0.363 e. The van der Waals surface area contributed by atoms with Crippen LogP contribution in [0, 0.1) is 10.1 Å². The van der Waals surface area contributed by atoms with Gasteiger partial charge >= 0.3 is 5.97 Å². The van der Waals surface area contributed by atoms with E-state index >= 15 is 0 Å². The Labute approximate surface area is 135 Å². The van der Waals surface area contributed by atoms with Gasteiger partial charge in [-0.3, -0.25) is 10.1 Å². The molecule has 1 aliphatic heterocycles. The third kappa shape index (κ3) is 3.12. The lowest BCUT2D eigenvalue weighted by atomic mass is 10.2. The summed E-state index contributed by atoms with van der Waals surface area (Å²) in [5, 5.41) is 11.1. The van der Waals surface area contributed by atoms with Crippen molar-refractivity contribution in [1.29, 1.82) is 0 Å². The second kappa shape index (κ2) is 6.02. The highest BCUT2D eigenvalue weighted by Crippen LogP contribution is 2.27. The van der Waals surface area contributed by atoms with Crippen LogP contribution in [-0.4, -0.2) is 16.8 Å². The molecule has 0 spiro atoms. The molecule has 1 heterocycles. The number of non-ortho nitro benzene ring substituents is 1. The molecule has 0 N–H and O–H groups in total. The van der Waals surface area contributed by atoms with Crippen LogP contribution in [0.3, 0.4) is 0 Å². The van der Waals surface area contributed by atoms with Gasteiger partial charge in [0.15, 0.2) is 5.70 Å². The third-order valence-corrected chi connectivity index (χ3v) is 3.44. The van der Waals surface area contributed by atoms with E-state index in [-0.39, 0.29) is 27.9 Å². The molecular weight excluding hydrogens is 320 g/mol. The summed E-state index contributed by atoms with van der Waals surface area (Å²) >= 11 is 6.02. The van der Waals surface area contributed by atoms with Gasteiger partial charge in [-0.1, -0.05) is 41.9 Å². The van der Waals surface area contributed by atoms with Crippen LogP contribution in [0.1, 0.15) is 11.1 Å². The van der Waals surface area contributed by atoms with Crippen molar-refractivity contribution in [3.63, 3.8) is 0 Å². The van der Waals surface area contributed by atoms with Crippen LogP contribution in [0.25, 0.3) is 6.08 Å². The SMILES string of the molecule is O=C1OC(c2cc([N+](=O)[O-])ccc2Cl)=N/C1=C\c1ccccc1. The zero-order valence-corrected chi connectivity index (χ0v) is 12.4. The average molecular weight is 329 g/mol. The first kappa shape index (κ1) is 14.9. The van der Waals surface area contributed by atoms with Crippen molar-refractivity contribution in [1.82, 2.24) is 0 Å². The van der Waals surface area contributed by atoms with Crippen molar-refractivity contribution < 1.29 is 14.5 Å². The summed E-state index contributed by atoms with van der Waals surface area (Å²) in [4.78, 5) is 26.3. The molecular formula is C16H9ClN2O4. The van der Waals surface area contributed by atoms with Crippen LogP contribution in [0.15, 0.2) is 59.2 Å². The van der Waals surface area contributed by atoms with Gasteiger partial charge < -0.3 is 4.74 Å². The summed E-state index contributed by atoms with van der Waals surface area (Å²) in [6, 6.07) is 13.0. The molecule has 0 radical (unpaired) electrons. The second-order valence-corrected chi connectivity index (χ2v) is 5.08. The number of hydrogen-bond donors (Lipinski definition) is 0. The highest BCUT2D eigenvalue weighted by molar-refractivity contribution is 6.34. The van der Waals surface area contributed by atoms with E-state index in [1.54, 1.807) is 6.08 Å². The van der Waals surface area contributed by atoms with Gasteiger partial charge in [-0.2, -0.15) is 0 Å². The molecule has 6 nitrogen and oxygen atoms in total. The average Bonchev–Trinajstić information content (AvgIpc) is 2.89. The van der Waals surface area contributed by atoms with Gasteiger partial charge in [0.05, 0.1) is 15.5 Å². The van der Waals surface area contributed by atoms with Gasteiger partial charge in [-0.15, -0.1) is 0 Å². The van der Waals surface area contributed by atoms with E-state index in [1.165, 1.54) is 18.2 Å². The fraction of sp³-hybridized carbons (Fsp3) is 0. The van der Waals surface area contributed by atoms with Crippen LogP contribution >= 0.6 is 11.6 Å². The Morgan fingerprint density at radius 2 is 1.91 bits per heavy atom. The van der Waals surface area contributed by atoms with E-state index in [4.69, 9.17) is 16.3 Å². The molecule has 0 amide bonds. The van der Waals surface area contributed by atoms with E-state index in [0.29, 0.717) is 0 Å². The summed E-state index contributed by atoms with van der Waals surface area (Å²) in [6.45, 7) is 0. The van der Waals surface area contributed by atoms with Crippen molar-refractivity contribution >= 4 is 35.2 Å². The standard InChI is InChI=1S/C16H9ClN2O4/c17-13-7-6-11(19(21)22)9-12(13)15-18-14(16(20)23-15)8-10-4-2-1-3-5-10/h1-9H/b14-8-. The number of nitro groups is 1. The number of nitrogens with zero attached hydrogens (tertiary/aromatic N) is 2. The Hall–Kier alpha value is -2.99. The van der Waals surface area contributed by atoms with Crippen molar-refractivity contribution in [2.75, 3.05) is 0 Å². The highest BCUT2D eigenvalue weighted by Gasteiger charge is 2.26. The largest absolute Gasteiger partial charge is 0.402 e. The molecule has 0 bridgehead atoms. The number of aliphatic imine (C=N–C) groups is 1. The molecule has 0 aromatic heterocycles. The van der Waals surface area contributed by atoms with Crippen molar-refractivity contribution in [2.45, 2.75) is 0 Å². The predicted octanol–water partition coefficient (Wildman–Crippen LogP) is 3.59. The second-order valence-electron chi connectivity index (χ2n) is 4.67. The summed E-state index contributed by atoms with van der Waals surface area (Å²) < 4.78 is 5.08. The Balaban J connectivity index is 2.00. The van der Waals surface area contributed by atoms with Gasteiger partial charge in [-0.05, 0) is 17.7 Å². The van der Waals surface area contributed by atoms with Crippen LogP contribution in [0.5, 0.6) is 0 Å². The number of ether oxygens (including phenoxy) is 1. The minimum Gasteiger partial charge on any atom is -0.402 e. The Morgan fingerprint density at radius 3 is 2.61 bits per heavy atom. The van der Waals surface area contributed by atoms with Gasteiger partial charge in [0.2, 0.25) is 5.90 Å².